The van der Waals surface area contributed by atoms with Gasteiger partial charge in [-0.3, -0.25) is 4.79 Å². The summed E-state index contributed by atoms with van der Waals surface area (Å²) in [5, 5.41) is 9.71. The number of rotatable bonds is 9. The van der Waals surface area contributed by atoms with Gasteiger partial charge in [-0.2, -0.15) is 5.26 Å². The molecule has 0 spiro atoms. The van der Waals surface area contributed by atoms with E-state index in [4.69, 9.17) is 23.7 Å². The fourth-order valence-corrected chi connectivity index (χ4v) is 3.28. The van der Waals surface area contributed by atoms with Gasteiger partial charge in [0.1, 0.15) is 5.75 Å². The topological polar surface area (TPSA) is 87.0 Å². The highest BCUT2D eigenvalue weighted by molar-refractivity contribution is 5.90. The van der Waals surface area contributed by atoms with Crippen LogP contribution >= 0.6 is 0 Å². The molecule has 0 aliphatic carbocycles. The van der Waals surface area contributed by atoms with Crippen molar-refractivity contribution in [2.45, 2.75) is 6.42 Å². The fraction of sp³-hybridized carbons (Fsp3) is 0.185. The molecule has 0 aliphatic heterocycles. The number of carbonyl (C=O) groups excluding carboxylic acids is 1. The minimum Gasteiger partial charge on any atom is -0.497 e. The molecular formula is C27H25NO6. The monoisotopic (exact) mass is 459 g/mol. The van der Waals surface area contributed by atoms with Crippen LogP contribution in [0.2, 0.25) is 0 Å². The van der Waals surface area contributed by atoms with Gasteiger partial charge in [-0.05, 0) is 65.2 Å². The van der Waals surface area contributed by atoms with Gasteiger partial charge < -0.3 is 23.7 Å². The van der Waals surface area contributed by atoms with Crippen molar-refractivity contribution in [1.82, 2.24) is 0 Å². The molecule has 0 fully saturated rings. The number of benzene rings is 3. The van der Waals surface area contributed by atoms with Gasteiger partial charge in [-0.1, -0.05) is 18.2 Å². The summed E-state index contributed by atoms with van der Waals surface area (Å²) >= 11 is 0. The van der Waals surface area contributed by atoms with E-state index < -0.39 is 5.97 Å². The van der Waals surface area contributed by atoms with Gasteiger partial charge in [0.05, 0.1) is 46.5 Å². The minimum atomic E-state index is -0.421. The number of methoxy groups -OCH3 is 4. The number of carbonyl (C=O) groups is 1. The molecular weight excluding hydrogens is 434 g/mol. The Morgan fingerprint density at radius 1 is 0.794 bits per heavy atom. The molecule has 0 aliphatic rings. The van der Waals surface area contributed by atoms with E-state index in [1.54, 1.807) is 68.8 Å². The summed E-state index contributed by atoms with van der Waals surface area (Å²) in [5.41, 5.74) is 2.61. The maximum absolute atomic E-state index is 12.4. The first-order chi connectivity index (χ1) is 16.5. The van der Waals surface area contributed by atoms with Gasteiger partial charge >= 0.3 is 5.97 Å². The van der Waals surface area contributed by atoms with Crippen LogP contribution in [0, 0.1) is 11.3 Å². The molecule has 34 heavy (non-hydrogen) atoms. The Bertz CT molecular complexity index is 1220. The first kappa shape index (κ1) is 24.2. The van der Waals surface area contributed by atoms with Gasteiger partial charge in [0.25, 0.3) is 0 Å². The quantitative estimate of drug-likeness (QED) is 0.194. The third kappa shape index (κ3) is 5.87. The number of nitriles is 1. The SMILES string of the molecule is COc1ccc(CC(=O)Oc2ccc(/C=C(/C#N)c3ccc(OC)c(OC)c3)cc2OC)cc1. The van der Waals surface area contributed by atoms with Crippen LogP contribution in [-0.4, -0.2) is 34.4 Å². The van der Waals surface area contributed by atoms with E-state index >= 15 is 0 Å². The summed E-state index contributed by atoms with van der Waals surface area (Å²) in [7, 11) is 6.16. The highest BCUT2D eigenvalue weighted by atomic mass is 16.6. The molecule has 0 radical (unpaired) electrons. The van der Waals surface area contributed by atoms with Crippen molar-refractivity contribution in [2.75, 3.05) is 28.4 Å². The Balaban J connectivity index is 1.80. The zero-order chi connectivity index (χ0) is 24.5. The minimum absolute atomic E-state index is 0.104. The molecule has 3 rings (SSSR count). The van der Waals surface area contributed by atoms with Crippen molar-refractivity contribution < 1.29 is 28.5 Å². The second-order valence-corrected chi connectivity index (χ2v) is 7.15. The molecule has 3 aromatic carbocycles. The second kappa shape index (κ2) is 11.4. The lowest BCUT2D eigenvalue weighted by atomic mass is 10.0. The van der Waals surface area contributed by atoms with Crippen LogP contribution in [0.1, 0.15) is 16.7 Å². The molecule has 0 saturated carbocycles. The second-order valence-electron chi connectivity index (χ2n) is 7.15. The molecule has 0 N–H and O–H groups in total. The fourth-order valence-electron chi connectivity index (χ4n) is 3.28. The van der Waals surface area contributed by atoms with Gasteiger partial charge in [0.15, 0.2) is 23.0 Å². The van der Waals surface area contributed by atoms with Crippen LogP contribution < -0.4 is 23.7 Å². The van der Waals surface area contributed by atoms with Crippen molar-refractivity contribution in [3.05, 3.63) is 77.4 Å². The van der Waals surface area contributed by atoms with E-state index in [2.05, 4.69) is 6.07 Å². The molecule has 7 heteroatoms. The van der Waals surface area contributed by atoms with E-state index in [-0.39, 0.29) is 6.42 Å². The number of hydrogen-bond donors (Lipinski definition) is 0. The van der Waals surface area contributed by atoms with E-state index in [9.17, 15) is 10.1 Å². The Kier molecular flexibility index (Phi) is 8.14. The average Bonchev–Trinajstić information content (AvgIpc) is 2.87. The van der Waals surface area contributed by atoms with Crippen LogP contribution in [0.4, 0.5) is 0 Å². The van der Waals surface area contributed by atoms with Gasteiger partial charge in [0, 0.05) is 0 Å². The van der Waals surface area contributed by atoms with Crippen molar-refractivity contribution >= 4 is 17.6 Å². The summed E-state index contributed by atoms with van der Waals surface area (Å²) in [5.74, 6) is 2.06. The maximum atomic E-state index is 12.4. The summed E-state index contributed by atoms with van der Waals surface area (Å²) in [4.78, 5) is 12.4. The normalized spacial score (nSPS) is 10.7. The third-order valence-electron chi connectivity index (χ3n) is 5.04. The molecule has 0 unspecified atom stereocenters. The summed E-state index contributed by atoms with van der Waals surface area (Å²) in [6.45, 7) is 0. The zero-order valence-electron chi connectivity index (χ0n) is 19.5. The van der Waals surface area contributed by atoms with Gasteiger partial charge in [0.2, 0.25) is 0 Å². The molecule has 3 aromatic rings. The predicted molar refractivity (Wildman–Crippen MR) is 128 cm³/mol. The number of ether oxygens (including phenoxy) is 5. The third-order valence-corrected chi connectivity index (χ3v) is 5.04. The summed E-state index contributed by atoms with van der Waals surface area (Å²) < 4.78 is 26.6. The molecule has 174 valence electrons. The zero-order valence-corrected chi connectivity index (χ0v) is 19.5. The lowest BCUT2D eigenvalue weighted by Gasteiger charge is -2.11. The Labute approximate surface area is 198 Å². The van der Waals surface area contributed by atoms with E-state index in [1.165, 1.54) is 14.2 Å². The van der Waals surface area contributed by atoms with Gasteiger partial charge in [-0.15, -0.1) is 0 Å². The standard InChI is InChI=1S/C27H25NO6/c1-30-22-9-5-18(6-10-22)15-27(29)34-24-11-7-19(14-25(24)32-3)13-21(17-28)20-8-12-23(31-2)26(16-20)33-4/h5-14,16H,15H2,1-4H3/b21-13-. The van der Waals surface area contributed by atoms with Crippen LogP contribution in [0.5, 0.6) is 28.7 Å². The summed E-state index contributed by atoms with van der Waals surface area (Å²) in [6, 6.07) is 19.7. The highest BCUT2D eigenvalue weighted by Crippen LogP contribution is 2.33. The van der Waals surface area contributed by atoms with Crippen LogP contribution in [0.15, 0.2) is 60.7 Å². The molecule has 7 nitrogen and oxygen atoms in total. The first-order valence-electron chi connectivity index (χ1n) is 10.4. The Morgan fingerprint density at radius 3 is 2.06 bits per heavy atom. The van der Waals surface area contributed by atoms with Crippen molar-refractivity contribution in [1.29, 1.82) is 5.26 Å². The smallest absolute Gasteiger partial charge is 0.315 e. The molecule has 0 heterocycles. The van der Waals surface area contributed by atoms with Crippen molar-refractivity contribution in [2.24, 2.45) is 0 Å². The van der Waals surface area contributed by atoms with E-state index in [1.807, 2.05) is 12.1 Å². The van der Waals surface area contributed by atoms with Crippen molar-refractivity contribution in [3.63, 3.8) is 0 Å². The number of esters is 1. The number of hydrogen-bond acceptors (Lipinski definition) is 7. The lowest BCUT2D eigenvalue weighted by molar-refractivity contribution is -0.133. The Morgan fingerprint density at radius 2 is 1.44 bits per heavy atom. The van der Waals surface area contributed by atoms with E-state index in [0.29, 0.717) is 45.4 Å². The van der Waals surface area contributed by atoms with Crippen LogP contribution in [0.3, 0.4) is 0 Å². The summed E-state index contributed by atoms with van der Waals surface area (Å²) in [6.07, 6.45) is 1.82. The molecule has 0 amide bonds. The molecule has 0 bridgehead atoms. The number of nitrogens with zero attached hydrogens (tertiary/aromatic N) is 1. The van der Waals surface area contributed by atoms with Crippen LogP contribution in [-0.2, 0) is 11.2 Å². The molecule has 0 aromatic heterocycles. The molecule has 0 atom stereocenters. The van der Waals surface area contributed by atoms with Crippen LogP contribution in [0.25, 0.3) is 11.6 Å². The Hall–Kier alpha value is -4.44. The highest BCUT2D eigenvalue weighted by Gasteiger charge is 2.13. The number of allylic oxidation sites excluding steroid dienone is 1. The van der Waals surface area contributed by atoms with E-state index in [0.717, 1.165) is 5.56 Å². The maximum Gasteiger partial charge on any atom is 0.315 e. The molecule has 0 saturated heterocycles. The lowest BCUT2D eigenvalue weighted by Crippen LogP contribution is -2.12. The first-order valence-corrected chi connectivity index (χ1v) is 10.4. The predicted octanol–water partition coefficient (Wildman–Crippen LogP) is 4.93. The van der Waals surface area contributed by atoms with Gasteiger partial charge in [-0.25, -0.2) is 0 Å². The largest absolute Gasteiger partial charge is 0.497 e. The average molecular weight is 459 g/mol. The van der Waals surface area contributed by atoms with Crippen molar-refractivity contribution in [3.8, 4) is 34.8 Å².